The first-order valence-corrected chi connectivity index (χ1v) is 8.36. The van der Waals surface area contributed by atoms with E-state index in [1.165, 1.54) is 11.3 Å². The van der Waals surface area contributed by atoms with E-state index in [0.29, 0.717) is 5.13 Å². The molecule has 3 nitrogen and oxygen atoms in total. The van der Waals surface area contributed by atoms with Gasteiger partial charge in [0.1, 0.15) is 5.82 Å². The lowest BCUT2D eigenvalue weighted by molar-refractivity contribution is 0.487. The van der Waals surface area contributed by atoms with Crippen LogP contribution >= 0.6 is 27.3 Å². The summed E-state index contributed by atoms with van der Waals surface area (Å²) in [5, 5.41) is 6.16. The second kappa shape index (κ2) is 7.14. The molecule has 0 saturated heterocycles. The van der Waals surface area contributed by atoms with Gasteiger partial charge in [0, 0.05) is 16.5 Å². The molecular formula is C16H9BrF3N3S. The van der Waals surface area contributed by atoms with Crippen molar-refractivity contribution in [3.63, 3.8) is 0 Å². The smallest absolute Gasteiger partial charge is 0.203 e. The predicted octanol–water partition coefficient (Wildman–Crippen LogP) is 5.44. The number of halogens is 4. The summed E-state index contributed by atoms with van der Waals surface area (Å²) in [5.74, 6) is -3.36. The lowest BCUT2D eigenvalue weighted by Gasteiger charge is -2.02. The predicted molar refractivity (Wildman–Crippen MR) is 92.8 cm³/mol. The minimum absolute atomic E-state index is 0.187. The summed E-state index contributed by atoms with van der Waals surface area (Å²) in [6, 6.07) is 10.3. The van der Waals surface area contributed by atoms with Crippen LogP contribution in [0.2, 0.25) is 0 Å². The molecule has 1 N–H and O–H groups in total. The second-order valence-electron chi connectivity index (χ2n) is 4.66. The average Bonchev–Trinajstić information content (AvgIpc) is 3.07. The fourth-order valence-corrected chi connectivity index (χ4v) is 3.00. The minimum Gasteiger partial charge on any atom is -0.253 e. The number of hydrogen-bond donors (Lipinski definition) is 1. The number of benzene rings is 2. The average molecular weight is 412 g/mol. The molecule has 1 heterocycles. The van der Waals surface area contributed by atoms with E-state index in [2.05, 4.69) is 31.4 Å². The van der Waals surface area contributed by atoms with Gasteiger partial charge in [-0.1, -0.05) is 30.3 Å². The minimum atomic E-state index is -1.27. The zero-order valence-electron chi connectivity index (χ0n) is 11.9. The van der Waals surface area contributed by atoms with Crippen molar-refractivity contribution in [3.8, 4) is 11.3 Å². The molecule has 0 radical (unpaired) electrons. The molecule has 0 unspecified atom stereocenters. The van der Waals surface area contributed by atoms with Gasteiger partial charge in [0.25, 0.3) is 0 Å². The molecule has 0 fully saturated rings. The summed E-state index contributed by atoms with van der Waals surface area (Å²) in [6.07, 6.45) is 1.06. The molecule has 122 valence electrons. The molecule has 0 aliphatic heterocycles. The van der Waals surface area contributed by atoms with Gasteiger partial charge in [0.05, 0.1) is 16.4 Å². The van der Waals surface area contributed by atoms with Crippen molar-refractivity contribution >= 4 is 38.6 Å². The maximum absolute atomic E-state index is 13.8. The molecule has 2 aromatic carbocycles. The zero-order chi connectivity index (χ0) is 17.1. The summed E-state index contributed by atoms with van der Waals surface area (Å²) in [5.41, 5.74) is 4.19. The number of hydrazone groups is 1. The van der Waals surface area contributed by atoms with E-state index in [0.717, 1.165) is 23.5 Å². The van der Waals surface area contributed by atoms with Gasteiger partial charge in [-0.25, -0.2) is 18.2 Å². The molecule has 1 aromatic heterocycles. The summed E-state index contributed by atoms with van der Waals surface area (Å²) in [7, 11) is 0. The van der Waals surface area contributed by atoms with Crippen LogP contribution in [0, 0.1) is 17.5 Å². The topological polar surface area (TPSA) is 37.3 Å². The normalized spacial score (nSPS) is 11.2. The number of anilines is 1. The Bertz CT molecular complexity index is 897. The quantitative estimate of drug-likeness (QED) is 0.268. The van der Waals surface area contributed by atoms with E-state index >= 15 is 0 Å². The van der Waals surface area contributed by atoms with E-state index < -0.39 is 21.9 Å². The van der Waals surface area contributed by atoms with E-state index in [1.807, 2.05) is 35.7 Å². The Morgan fingerprint density at radius 3 is 2.62 bits per heavy atom. The number of nitrogens with one attached hydrogen (secondary N) is 1. The molecule has 0 aliphatic carbocycles. The molecule has 0 aliphatic rings. The van der Waals surface area contributed by atoms with Gasteiger partial charge in [-0.15, -0.1) is 11.3 Å². The molecule has 24 heavy (non-hydrogen) atoms. The van der Waals surface area contributed by atoms with Crippen LogP contribution in [-0.4, -0.2) is 11.2 Å². The van der Waals surface area contributed by atoms with E-state index in [9.17, 15) is 13.2 Å². The summed E-state index contributed by atoms with van der Waals surface area (Å²) < 4.78 is 39.7. The highest BCUT2D eigenvalue weighted by atomic mass is 79.9. The molecule has 3 aromatic rings. The van der Waals surface area contributed by atoms with Crippen LogP contribution in [0.3, 0.4) is 0 Å². The standard InChI is InChI=1S/C16H9BrF3N3S/c17-13-14(19)10(6-11(18)15(13)20)7-21-23-16-22-12(8-24-16)9-4-2-1-3-5-9/h1-8H,(H,22,23). The van der Waals surface area contributed by atoms with Crippen LogP contribution in [0.25, 0.3) is 11.3 Å². The number of nitrogens with zero attached hydrogens (tertiary/aromatic N) is 2. The van der Waals surface area contributed by atoms with Crippen molar-refractivity contribution < 1.29 is 13.2 Å². The van der Waals surface area contributed by atoms with Crippen LogP contribution in [0.5, 0.6) is 0 Å². The SMILES string of the molecule is Fc1cc(C=NNc2nc(-c3ccccc3)cs2)c(F)c(Br)c1F. The highest BCUT2D eigenvalue weighted by Crippen LogP contribution is 2.26. The Morgan fingerprint density at radius 2 is 1.88 bits per heavy atom. The monoisotopic (exact) mass is 411 g/mol. The molecule has 0 atom stereocenters. The third-order valence-corrected chi connectivity index (χ3v) is 4.51. The first-order valence-electron chi connectivity index (χ1n) is 6.69. The van der Waals surface area contributed by atoms with Crippen LogP contribution in [-0.2, 0) is 0 Å². The van der Waals surface area contributed by atoms with Gasteiger partial charge in [-0.3, -0.25) is 5.43 Å². The van der Waals surface area contributed by atoms with E-state index in [1.54, 1.807) is 0 Å². The molecule has 0 amide bonds. The van der Waals surface area contributed by atoms with Gasteiger partial charge in [0.2, 0.25) is 5.13 Å². The van der Waals surface area contributed by atoms with Gasteiger partial charge >= 0.3 is 0 Å². The van der Waals surface area contributed by atoms with E-state index in [-0.39, 0.29) is 5.56 Å². The van der Waals surface area contributed by atoms with Crippen LogP contribution in [0.1, 0.15) is 5.56 Å². The third-order valence-electron chi connectivity index (χ3n) is 3.07. The highest BCUT2D eigenvalue weighted by molar-refractivity contribution is 9.10. The maximum Gasteiger partial charge on any atom is 0.203 e. The maximum atomic E-state index is 13.8. The Labute approximate surface area is 148 Å². The van der Waals surface area contributed by atoms with Crippen LogP contribution in [0.4, 0.5) is 18.3 Å². The first-order chi connectivity index (χ1) is 11.6. The number of hydrogen-bond acceptors (Lipinski definition) is 4. The Morgan fingerprint density at radius 1 is 1.12 bits per heavy atom. The van der Waals surface area contributed by atoms with Crippen LogP contribution < -0.4 is 5.43 Å². The fraction of sp³-hybridized carbons (Fsp3) is 0. The lowest BCUT2D eigenvalue weighted by atomic mass is 10.2. The van der Waals surface area contributed by atoms with E-state index in [4.69, 9.17) is 0 Å². The Kier molecular flexibility index (Phi) is 4.96. The summed E-state index contributed by atoms with van der Waals surface area (Å²) in [6.45, 7) is 0. The van der Waals surface area contributed by atoms with Crippen molar-refractivity contribution in [2.75, 3.05) is 5.43 Å². The number of thiazole rings is 1. The molecule has 0 spiro atoms. The number of rotatable bonds is 4. The van der Waals surface area contributed by atoms with Crippen molar-refractivity contribution in [3.05, 3.63) is 69.3 Å². The van der Waals surface area contributed by atoms with Crippen LogP contribution in [0.15, 0.2) is 51.4 Å². The van der Waals surface area contributed by atoms with Gasteiger partial charge in [-0.2, -0.15) is 5.10 Å². The largest absolute Gasteiger partial charge is 0.253 e. The van der Waals surface area contributed by atoms with Gasteiger partial charge < -0.3 is 0 Å². The first kappa shape index (κ1) is 16.7. The highest BCUT2D eigenvalue weighted by Gasteiger charge is 2.15. The van der Waals surface area contributed by atoms with Gasteiger partial charge in [-0.05, 0) is 22.0 Å². The molecule has 0 bridgehead atoms. The Balaban J connectivity index is 1.75. The van der Waals surface area contributed by atoms with Crippen molar-refractivity contribution in [1.82, 2.24) is 4.98 Å². The third kappa shape index (κ3) is 3.49. The fourth-order valence-electron chi connectivity index (χ4n) is 1.91. The van der Waals surface area contributed by atoms with Crippen molar-refractivity contribution in [2.45, 2.75) is 0 Å². The summed E-state index contributed by atoms with van der Waals surface area (Å²) >= 11 is 3.98. The molecule has 8 heteroatoms. The number of aromatic nitrogens is 1. The Hall–Kier alpha value is -2.19. The molecular weight excluding hydrogens is 403 g/mol. The van der Waals surface area contributed by atoms with Gasteiger partial charge in [0.15, 0.2) is 11.6 Å². The second-order valence-corrected chi connectivity index (χ2v) is 6.31. The lowest BCUT2D eigenvalue weighted by Crippen LogP contribution is -1.98. The molecule has 3 rings (SSSR count). The zero-order valence-corrected chi connectivity index (χ0v) is 14.3. The summed E-state index contributed by atoms with van der Waals surface area (Å²) in [4.78, 5) is 4.34. The molecule has 0 saturated carbocycles. The van der Waals surface area contributed by atoms with Crippen molar-refractivity contribution in [2.24, 2.45) is 5.10 Å². The van der Waals surface area contributed by atoms with Crippen molar-refractivity contribution in [1.29, 1.82) is 0 Å².